The molecule has 0 radical (unpaired) electrons. The van der Waals surface area contributed by atoms with Crippen LogP contribution in [0.1, 0.15) is 24.1 Å². The van der Waals surface area contributed by atoms with E-state index in [9.17, 15) is 23.1 Å². The van der Waals surface area contributed by atoms with Gasteiger partial charge in [0.15, 0.2) is 5.78 Å². The van der Waals surface area contributed by atoms with E-state index in [1.54, 1.807) is 0 Å². The second kappa shape index (κ2) is 6.22. The number of hydrogen-bond donors (Lipinski definition) is 1. The average Bonchev–Trinajstić information content (AvgIpc) is 2.54. The van der Waals surface area contributed by atoms with E-state index in [2.05, 4.69) is 4.90 Å². The van der Waals surface area contributed by atoms with E-state index in [0.717, 1.165) is 29.9 Å². The molecule has 0 amide bonds. The third-order valence-electron chi connectivity index (χ3n) is 4.73. The van der Waals surface area contributed by atoms with Crippen LogP contribution < -0.4 is 0 Å². The number of hydrogen-bond acceptors (Lipinski definition) is 4. The molecule has 1 aromatic rings. The Hall–Kier alpha value is -1.86. The summed E-state index contributed by atoms with van der Waals surface area (Å²) < 4.78 is 38.0. The van der Waals surface area contributed by atoms with E-state index >= 15 is 0 Å². The Kier molecular flexibility index (Phi) is 4.40. The molecule has 2 unspecified atom stereocenters. The molecule has 3 rings (SSSR count). The highest BCUT2D eigenvalue weighted by molar-refractivity contribution is 5.95. The van der Waals surface area contributed by atoms with Crippen molar-refractivity contribution in [3.8, 4) is 0 Å². The summed E-state index contributed by atoms with van der Waals surface area (Å²) in [5.41, 5.74) is 1.01. The molecule has 1 N–H and O–H groups in total. The number of alkyl halides is 3. The zero-order valence-electron chi connectivity index (χ0n) is 13.3. The predicted molar refractivity (Wildman–Crippen MR) is 82.1 cm³/mol. The molecule has 2 aliphatic heterocycles. The second-order valence-electron chi connectivity index (χ2n) is 6.27. The van der Waals surface area contributed by atoms with E-state index in [1.165, 1.54) is 18.2 Å². The van der Waals surface area contributed by atoms with Gasteiger partial charge >= 0.3 is 6.18 Å². The van der Waals surface area contributed by atoms with Gasteiger partial charge in [0, 0.05) is 37.4 Å². The molecule has 0 spiro atoms. The fourth-order valence-corrected chi connectivity index (χ4v) is 3.18. The molecule has 4 nitrogen and oxygen atoms in total. The van der Waals surface area contributed by atoms with Gasteiger partial charge in [-0.15, -0.1) is 0 Å². The van der Waals surface area contributed by atoms with Crippen LogP contribution in [0.5, 0.6) is 0 Å². The van der Waals surface area contributed by atoms with Crippen molar-refractivity contribution in [2.24, 2.45) is 0 Å². The summed E-state index contributed by atoms with van der Waals surface area (Å²) in [7, 11) is 0. The van der Waals surface area contributed by atoms with Crippen molar-refractivity contribution in [1.29, 1.82) is 0 Å². The Morgan fingerprint density at radius 1 is 1.21 bits per heavy atom. The number of aliphatic hydroxyl groups is 1. The lowest BCUT2D eigenvalue weighted by Crippen LogP contribution is -2.51. The van der Waals surface area contributed by atoms with Crippen molar-refractivity contribution >= 4 is 5.78 Å². The van der Waals surface area contributed by atoms with Gasteiger partial charge in [-0.25, -0.2) is 0 Å². The Bertz CT molecular complexity index is 655. The molecule has 130 valence electrons. The van der Waals surface area contributed by atoms with Gasteiger partial charge in [-0.1, -0.05) is 12.1 Å². The largest absolute Gasteiger partial charge is 0.416 e. The first-order chi connectivity index (χ1) is 11.3. The van der Waals surface area contributed by atoms with Gasteiger partial charge in [-0.05, 0) is 24.6 Å². The van der Waals surface area contributed by atoms with E-state index in [0.29, 0.717) is 19.6 Å². The monoisotopic (exact) mass is 340 g/mol. The molecule has 1 fully saturated rings. The van der Waals surface area contributed by atoms with Crippen LogP contribution in [0.3, 0.4) is 0 Å². The number of halogens is 3. The normalized spacial score (nSPS) is 23.7. The maximum absolute atomic E-state index is 12.7. The van der Waals surface area contributed by atoms with Crippen LogP contribution in [0, 0.1) is 0 Å². The smallest absolute Gasteiger partial charge is 0.383 e. The number of carbonyl (C=O) groups excluding carboxylic acids is 1. The lowest BCUT2D eigenvalue weighted by atomic mass is 10.0. The van der Waals surface area contributed by atoms with Gasteiger partial charge in [0.25, 0.3) is 0 Å². The number of aliphatic hydroxyl groups excluding tert-OH is 1. The van der Waals surface area contributed by atoms with Crippen LogP contribution in [0.15, 0.2) is 36.0 Å². The quantitative estimate of drug-likeness (QED) is 0.897. The van der Waals surface area contributed by atoms with Gasteiger partial charge in [0.05, 0.1) is 12.1 Å². The number of ketones is 1. The summed E-state index contributed by atoms with van der Waals surface area (Å²) in [6.07, 6.45) is -3.82. The molecule has 1 aromatic carbocycles. The van der Waals surface area contributed by atoms with Gasteiger partial charge < -0.3 is 10.0 Å². The molecule has 2 atom stereocenters. The van der Waals surface area contributed by atoms with Crippen LogP contribution in [-0.2, 0) is 11.0 Å². The van der Waals surface area contributed by atoms with Crippen molar-refractivity contribution < 1.29 is 23.1 Å². The molecular formula is C17H19F3N2O2. The molecular weight excluding hydrogens is 321 g/mol. The predicted octanol–water partition coefficient (Wildman–Crippen LogP) is 2.21. The van der Waals surface area contributed by atoms with E-state index < -0.39 is 17.8 Å². The summed E-state index contributed by atoms with van der Waals surface area (Å²) in [5.74, 6) is -0.287. The molecule has 2 heterocycles. The third-order valence-corrected chi connectivity index (χ3v) is 4.73. The summed E-state index contributed by atoms with van der Waals surface area (Å²) in [5, 5.41) is 9.62. The standard InChI is InChI=1S/C17H19F3N2O2/c1-11(12-2-4-13(5-3-12)17(18,19)20)21-6-7-22-10-16(24)15(23)8-14(22)9-21/h2-5,8,11,16,24H,6-7,9-10H2,1H3. The first-order valence-corrected chi connectivity index (χ1v) is 7.84. The lowest BCUT2D eigenvalue weighted by molar-refractivity contribution is -0.137. The van der Waals surface area contributed by atoms with Crippen LogP contribution in [-0.4, -0.2) is 53.0 Å². The molecule has 2 aliphatic rings. The average molecular weight is 340 g/mol. The Balaban J connectivity index is 1.73. The van der Waals surface area contributed by atoms with Crippen molar-refractivity contribution in [2.45, 2.75) is 25.2 Å². The van der Waals surface area contributed by atoms with Crippen molar-refractivity contribution in [2.75, 3.05) is 26.2 Å². The first-order valence-electron chi connectivity index (χ1n) is 7.84. The van der Waals surface area contributed by atoms with Crippen LogP contribution in [0.2, 0.25) is 0 Å². The molecule has 1 saturated heterocycles. The Labute approximate surface area is 138 Å². The summed E-state index contributed by atoms with van der Waals surface area (Å²) in [6.45, 7) is 4.20. The summed E-state index contributed by atoms with van der Waals surface area (Å²) in [4.78, 5) is 15.8. The zero-order valence-corrected chi connectivity index (χ0v) is 13.3. The van der Waals surface area contributed by atoms with E-state index in [-0.39, 0.29) is 11.8 Å². The van der Waals surface area contributed by atoms with Crippen LogP contribution in [0.25, 0.3) is 0 Å². The fourth-order valence-electron chi connectivity index (χ4n) is 3.18. The minimum Gasteiger partial charge on any atom is -0.383 e. The van der Waals surface area contributed by atoms with Gasteiger partial charge in [-0.3, -0.25) is 9.69 Å². The number of nitrogens with zero attached hydrogens (tertiary/aromatic N) is 2. The maximum Gasteiger partial charge on any atom is 0.416 e. The highest BCUT2D eigenvalue weighted by Crippen LogP contribution is 2.31. The maximum atomic E-state index is 12.7. The Morgan fingerprint density at radius 3 is 2.50 bits per heavy atom. The van der Waals surface area contributed by atoms with E-state index in [4.69, 9.17) is 0 Å². The molecule has 0 aliphatic carbocycles. The van der Waals surface area contributed by atoms with Crippen molar-refractivity contribution in [3.63, 3.8) is 0 Å². The number of fused-ring (bicyclic) bond motifs is 1. The SMILES string of the molecule is CC(c1ccc(C(F)(F)F)cc1)N1CCN2CC(O)C(=O)C=C2C1. The number of carbonyl (C=O) groups is 1. The highest BCUT2D eigenvalue weighted by atomic mass is 19.4. The van der Waals surface area contributed by atoms with Crippen molar-refractivity contribution in [3.05, 3.63) is 47.2 Å². The molecule has 24 heavy (non-hydrogen) atoms. The Morgan fingerprint density at radius 2 is 1.88 bits per heavy atom. The summed E-state index contributed by atoms with van der Waals surface area (Å²) >= 11 is 0. The van der Waals surface area contributed by atoms with Gasteiger partial charge in [0.1, 0.15) is 6.10 Å². The first kappa shape index (κ1) is 17.0. The number of piperazine rings is 1. The minimum atomic E-state index is -4.33. The number of benzene rings is 1. The minimum absolute atomic E-state index is 0.0581. The molecule has 0 saturated carbocycles. The van der Waals surface area contributed by atoms with Crippen LogP contribution >= 0.6 is 0 Å². The highest BCUT2D eigenvalue weighted by Gasteiger charge is 2.33. The topological polar surface area (TPSA) is 43.8 Å². The van der Waals surface area contributed by atoms with Crippen molar-refractivity contribution in [1.82, 2.24) is 9.80 Å². The lowest BCUT2D eigenvalue weighted by Gasteiger charge is -2.43. The summed E-state index contributed by atoms with van der Waals surface area (Å²) in [6, 6.07) is 5.15. The molecule has 7 heteroatoms. The molecule has 0 bridgehead atoms. The van der Waals surface area contributed by atoms with Crippen LogP contribution in [0.4, 0.5) is 13.2 Å². The fraction of sp³-hybridized carbons (Fsp3) is 0.471. The zero-order chi connectivity index (χ0) is 17.5. The number of rotatable bonds is 2. The molecule has 0 aromatic heterocycles. The van der Waals surface area contributed by atoms with Gasteiger partial charge in [0.2, 0.25) is 0 Å². The second-order valence-corrected chi connectivity index (χ2v) is 6.27. The third kappa shape index (κ3) is 3.32. The van der Waals surface area contributed by atoms with Gasteiger partial charge in [-0.2, -0.15) is 13.2 Å². The van der Waals surface area contributed by atoms with E-state index in [1.807, 2.05) is 11.8 Å².